The molecule has 0 fully saturated rings. The van der Waals surface area contributed by atoms with Crippen molar-refractivity contribution in [3.8, 4) is 5.75 Å². The molecule has 0 bridgehead atoms. The number of nitro groups is 1. The number of hydrogen-bond donors (Lipinski definition) is 0. The Labute approximate surface area is 149 Å². The van der Waals surface area contributed by atoms with Gasteiger partial charge in [-0.1, -0.05) is 0 Å². The molecule has 0 atom stereocenters. The maximum absolute atomic E-state index is 12.8. The summed E-state index contributed by atoms with van der Waals surface area (Å²) < 4.78 is 14.8. The van der Waals surface area contributed by atoms with Crippen molar-refractivity contribution in [2.75, 3.05) is 20.8 Å². The molecule has 0 saturated carbocycles. The Morgan fingerprint density at radius 3 is 2.62 bits per heavy atom. The molecule has 0 aliphatic rings. The Balaban J connectivity index is 2.28. The van der Waals surface area contributed by atoms with Crippen molar-refractivity contribution in [1.82, 2.24) is 4.90 Å². The predicted octanol–water partition coefficient (Wildman–Crippen LogP) is 2.40. The number of esters is 1. The van der Waals surface area contributed by atoms with Gasteiger partial charge in [0.15, 0.2) is 5.75 Å². The number of furan rings is 1. The Morgan fingerprint density at radius 2 is 2.04 bits per heavy atom. The van der Waals surface area contributed by atoms with Gasteiger partial charge in [-0.2, -0.15) is 0 Å². The van der Waals surface area contributed by atoms with Gasteiger partial charge in [-0.15, -0.1) is 0 Å². The van der Waals surface area contributed by atoms with Crippen LogP contribution in [0.1, 0.15) is 22.5 Å². The lowest BCUT2D eigenvalue weighted by molar-refractivity contribution is -0.385. The highest BCUT2D eigenvalue weighted by molar-refractivity contribution is 5.95. The average Bonchev–Trinajstić information content (AvgIpc) is 3.16. The van der Waals surface area contributed by atoms with Crippen LogP contribution in [-0.2, 0) is 16.1 Å². The van der Waals surface area contributed by atoms with Crippen LogP contribution in [0, 0.1) is 10.1 Å². The number of carbonyl (C=O) groups is 2. The van der Waals surface area contributed by atoms with Gasteiger partial charge in [-0.25, -0.2) is 0 Å². The molecular weight excluding hydrogens is 344 g/mol. The first-order chi connectivity index (χ1) is 12.5. The third-order valence-electron chi connectivity index (χ3n) is 3.65. The van der Waals surface area contributed by atoms with Crippen LogP contribution >= 0.6 is 0 Å². The van der Waals surface area contributed by atoms with Crippen LogP contribution in [-0.4, -0.2) is 42.5 Å². The van der Waals surface area contributed by atoms with Crippen molar-refractivity contribution < 1.29 is 28.4 Å². The van der Waals surface area contributed by atoms with Crippen molar-refractivity contribution in [2.45, 2.75) is 13.0 Å². The first-order valence-corrected chi connectivity index (χ1v) is 7.67. The Kier molecular flexibility index (Phi) is 6.31. The van der Waals surface area contributed by atoms with Gasteiger partial charge < -0.3 is 18.8 Å². The van der Waals surface area contributed by atoms with Crippen LogP contribution in [0.15, 0.2) is 41.0 Å². The Morgan fingerprint density at radius 1 is 1.27 bits per heavy atom. The second-order valence-corrected chi connectivity index (χ2v) is 5.28. The quantitative estimate of drug-likeness (QED) is 0.402. The smallest absolute Gasteiger partial charge is 0.311 e. The summed E-state index contributed by atoms with van der Waals surface area (Å²) in [4.78, 5) is 36.1. The van der Waals surface area contributed by atoms with Gasteiger partial charge in [0, 0.05) is 18.2 Å². The maximum Gasteiger partial charge on any atom is 0.311 e. The molecule has 0 radical (unpaired) electrons. The lowest BCUT2D eigenvalue weighted by atomic mass is 10.1. The molecule has 1 aromatic carbocycles. The molecule has 1 heterocycles. The van der Waals surface area contributed by atoms with Crippen molar-refractivity contribution >= 4 is 17.6 Å². The lowest BCUT2D eigenvalue weighted by Crippen LogP contribution is -2.32. The van der Waals surface area contributed by atoms with Crippen molar-refractivity contribution in [3.63, 3.8) is 0 Å². The van der Waals surface area contributed by atoms with Crippen LogP contribution in [0.2, 0.25) is 0 Å². The van der Waals surface area contributed by atoms with E-state index in [1.807, 2.05) is 0 Å². The molecule has 9 nitrogen and oxygen atoms in total. The summed E-state index contributed by atoms with van der Waals surface area (Å²) in [5, 5.41) is 11.2. The SMILES string of the molecule is COC(=O)CCN(Cc1ccco1)C(=O)c1ccc(OC)c([N+](=O)[O-])c1. The zero-order valence-electron chi connectivity index (χ0n) is 14.3. The largest absolute Gasteiger partial charge is 0.490 e. The molecule has 0 saturated heterocycles. The zero-order valence-corrected chi connectivity index (χ0v) is 14.3. The number of methoxy groups -OCH3 is 2. The van der Waals surface area contributed by atoms with Crippen molar-refractivity contribution in [1.29, 1.82) is 0 Å². The van der Waals surface area contributed by atoms with Crippen LogP contribution in [0.5, 0.6) is 5.75 Å². The van der Waals surface area contributed by atoms with Crippen molar-refractivity contribution in [3.05, 3.63) is 58.0 Å². The summed E-state index contributed by atoms with van der Waals surface area (Å²) in [5.41, 5.74) is -0.210. The van der Waals surface area contributed by atoms with E-state index in [4.69, 9.17) is 9.15 Å². The van der Waals surface area contributed by atoms with Crippen LogP contribution in [0.3, 0.4) is 0 Å². The van der Waals surface area contributed by atoms with E-state index in [1.54, 1.807) is 12.1 Å². The molecule has 26 heavy (non-hydrogen) atoms. The van der Waals surface area contributed by atoms with Crippen molar-refractivity contribution in [2.24, 2.45) is 0 Å². The van der Waals surface area contributed by atoms with Gasteiger partial charge in [0.25, 0.3) is 5.91 Å². The van der Waals surface area contributed by atoms with E-state index in [1.165, 1.54) is 37.5 Å². The van der Waals surface area contributed by atoms with E-state index in [2.05, 4.69) is 4.74 Å². The number of ether oxygens (including phenoxy) is 2. The summed E-state index contributed by atoms with van der Waals surface area (Å²) in [6.07, 6.45) is 1.46. The third-order valence-corrected chi connectivity index (χ3v) is 3.65. The fourth-order valence-corrected chi connectivity index (χ4v) is 2.32. The van der Waals surface area contributed by atoms with E-state index in [0.717, 1.165) is 6.07 Å². The third kappa shape index (κ3) is 4.59. The van der Waals surface area contributed by atoms with E-state index in [0.29, 0.717) is 5.76 Å². The summed E-state index contributed by atoms with van der Waals surface area (Å²) in [6.45, 7) is 0.189. The summed E-state index contributed by atoms with van der Waals surface area (Å²) in [5.74, 6) is -0.371. The van der Waals surface area contributed by atoms with Gasteiger partial charge in [-0.3, -0.25) is 19.7 Å². The fourth-order valence-electron chi connectivity index (χ4n) is 2.32. The molecule has 2 aromatic rings. The lowest BCUT2D eigenvalue weighted by Gasteiger charge is -2.21. The maximum atomic E-state index is 12.8. The normalized spacial score (nSPS) is 10.2. The number of carbonyl (C=O) groups excluding carboxylic acids is 2. The second kappa shape index (κ2) is 8.65. The van der Waals surface area contributed by atoms with E-state index < -0.39 is 16.8 Å². The number of rotatable bonds is 8. The number of nitrogens with zero attached hydrogens (tertiary/aromatic N) is 2. The zero-order chi connectivity index (χ0) is 19.1. The molecule has 9 heteroatoms. The Hall–Kier alpha value is -3.36. The highest BCUT2D eigenvalue weighted by Gasteiger charge is 2.23. The molecular formula is C17H18N2O7. The van der Waals surface area contributed by atoms with Gasteiger partial charge in [0.1, 0.15) is 5.76 Å². The minimum atomic E-state index is -0.624. The van der Waals surface area contributed by atoms with Crippen LogP contribution in [0.4, 0.5) is 5.69 Å². The summed E-state index contributed by atoms with van der Waals surface area (Å²) in [7, 11) is 2.57. The second-order valence-electron chi connectivity index (χ2n) is 5.28. The van der Waals surface area contributed by atoms with Crippen LogP contribution in [0.25, 0.3) is 0 Å². The number of hydrogen-bond acceptors (Lipinski definition) is 7. The summed E-state index contributed by atoms with van der Waals surface area (Å²) in [6, 6.07) is 7.30. The highest BCUT2D eigenvalue weighted by atomic mass is 16.6. The molecule has 0 aliphatic heterocycles. The first kappa shape index (κ1) is 19.0. The number of benzene rings is 1. The molecule has 0 unspecified atom stereocenters. The molecule has 1 amide bonds. The molecule has 138 valence electrons. The van der Waals surface area contributed by atoms with Gasteiger partial charge in [0.05, 0.1) is 38.4 Å². The monoisotopic (exact) mass is 362 g/mol. The molecule has 1 aromatic heterocycles. The highest BCUT2D eigenvalue weighted by Crippen LogP contribution is 2.28. The standard InChI is InChI=1S/C17H18N2O7/c1-24-15-6-5-12(10-14(15)19(22)23)17(21)18(8-7-16(20)25-2)11-13-4-3-9-26-13/h3-6,9-10H,7-8,11H2,1-2H3. The molecule has 0 N–H and O–H groups in total. The number of nitro benzene ring substituents is 1. The minimum absolute atomic E-state index is 0.0127. The van der Waals surface area contributed by atoms with Gasteiger partial charge in [-0.05, 0) is 24.3 Å². The van der Waals surface area contributed by atoms with Gasteiger partial charge in [0.2, 0.25) is 0 Å². The number of amides is 1. The van der Waals surface area contributed by atoms with Gasteiger partial charge >= 0.3 is 11.7 Å². The predicted molar refractivity (Wildman–Crippen MR) is 89.7 cm³/mol. The topological polar surface area (TPSA) is 112 Å². The summed E-state index contributed by atoms with van der Waals surface area (Å²) >= 11 is 0. The van der Waals surface area contributed by atoms with E-state index >= 15 is 0 Å². The minimum Gasteiger partial charge on any atom is -0.490 e. The molecule has 0 spiro atoms. The molecule has 0 aliphatic carbocycles. The van der Waals surface area contributed by atoms with E-state index in [-0.39, 0.29) is 36.5 Å². The Bertz CT molecular complexity index is 786. The molecule has 2 rings (SSSR count). The fraction of sp³-hybridized carbons (Fsp3) is 0.294. The first-order valence-electron chi connectivity index (χ1n) is 7.67. The van der Waals surface area contributed by atoms with E-state index in [9.17, 15) is 19.7 Å². The average molecular weight is 362 g/mol. The van der Waals surface area contributed by atoms with Crippen LogP contribution < -0.4 is 4.74 Å².